The molecule has 0 aliphatic carbocycles. The van der Waals surface area contributed by atoms with E-state index in [4.69, 9.17) is 4.74 Å². The van der Waals surface area contributed by atoms with Gasteiger partial charge in [-0.2, -0.15) is 0 Å². The maximum Gasteiger partial charge on any atom is 0.220 e. The summed E-state index contributed by atoms with van der Waals surface area (Å²) in [6.07, 6.45) is 5.02. The van der Waals surface area contributed by atoms with Crippen LogP contribution in [0.25, 0.3) is 0 Å². The minimum atomic E-state index is -0.0218. The Morgan fingerprint density at radius 2 is 1.86 bits per heavy atom. The van der Waals surface area contributed by atoms with Crippen LogP contribution >= 0.6 is 0 Å². The van der Waals surface area contributed by atoms with E-state index in [1.54, 1.807) is 6.92 Å². The van der Waals surface area contributed by atoms with Crippen molar-refractivity contribution < 1.29 is 14.3 Å². The molecule has 1 atom stereocenters. The monoisotopic (exact) mass is 289 g/mol. The van der Waals surface area contributed by atoms with Gasteiger partial charge in [0.1, 0.15) is 18.1 Å². The highest BCUT2D eigenvalue weighted by Crippen LogP contribution is 2.31. The maximum absolute atomic E-state index is 11.9. The van der Waals surface area contributed by atoms with Gasteiger partial charge >= 0.3 is 0 Å². The van der Waals surface area contributed by atoms with Crippen LogP contribution in [-0.4, -0.2) is 18.3 Å². The van der Waals surface area contributed by atoms with E-state index in [-0.39, 0.29) is 17.7 Å². The number of carbonyl (C=O) groups is 2. The number of Topliss-reactive ketones (excluding diaryl/α,β-unsaturated/α-hetero) is 1. The largest absolute Gasteiger partial charge is 0.491 e. The summed E-state index contributed by atoms with van der Waals surface area (Å²) in [5, 5.41) is 3.03. The molecular formula is C17H23NO3. The van der Waals surface area contributed by atoms with Crippen LogP contribution in [0.1, 0.15) is 57.1 Å². The van der Waals surface area contributed by atoms with Crippen molar-refractivity contribution in [1.29, 1.82) is 0 Å². The maximum atomic E-state index is 11.9. The quantitative estimate of drug-likeness (QED) is 0.748. The highest BCUT2D eigenvalue weighted by Gasteiger charge is 2.24. The predicted octanol–water partition coefficient (Wildman–Crippen LogP) is 3.17. The van der Waals surface area contributed by atoms with Gasteiger partial charge in [0, 0.05) is 18.4 Å². The molecule has 114 valence electrons. The number of rotatable bonds is 8. The number of para-hydroxylation sites is 1. The number of fused-ring (bicyclic) bond motifs is 1. The summed E-state index contributed by atoms with van der Waals surface area (Å²) in [6.45, 7) is 2.14. The summed E-state index contributed by atoms with van der Waals surface area (Å²) >= 11 is 0. The van der Waals surface area contributed by atoms with E-state index >= 15 is 0 Å². The highest BCUT2D eigenvalue weighted by atomic mass is 16.5. The fraction of sp³-hybridized carbons (Fsp3) is 0.529. The molecule has 21 heavy (non-hydrogen) atoms. The van der Waals surface area contributed by atoms with Crippen molar-refractivity contribution >= 4 is 11.7 Å². The Morgan fingerprint density at radius 3 is 2.62 bits per heavy atom. The number of hydrogen-bond donors (Lipinski definition) is 1. The van der Waals surface area contributed by atoms with E-state index in [0.29, 0.717) is 19.4 Å². The number of carbonyl (C=O) groups excluding carboxylic acids is 2. The number of amides is 1. The molecule has 4 nitrogen and oxygen atoms in total. The first-order chi connectivity index (χ1) is 10.2. The lowest BCUT2D eigenvalue weighted by atomic mass is 10.1. The van der Waals surface area contributed by atoms with Gasteiger partial charge in [-0.25, -0.2) is 0 Å². The van der Waals surface area contributed by atoms with Crippen LogP contribution < -0.4 is 10.1 Å². The van der Waals surface area contributed by atoms with E-state index in [1.165, 1.54) is 0 Å². The van der Waals surface area contributed by atoms with Crippen molar-refractivity contribution in [3.8, 4) is 5.75 Å². The minimum absolute atomic E-state index is 0.0218. The summed E-state index contributed by atoms with van der Waals surface area (Å²) in [7, 11) is 0. The molecule has 2 rings (SSSR count). The lowest BCUT2D eigenvalue weighted by Crippen LogP contribution is -2.29. The third-order valence-corrected chi connectivity index (χ3v) is 3.72. The second kappa shape index (κ2) is 7.81. The number of hydrogen-bond acceptors (Lipinski definition) is 3. The summed E-state index contributed by atoms with van der Waals surface area (Å²) in [4.78, 5) is 22.7. The fourth-order valence-electron chi connectivity index (χ4n) is 2.56. The first kappa shape index (κ1) is 15.5. The third kappa shape index (κ3) is 4.88. The molecule has 1 aromatic rings. The summed E-state index contributed by atoms with van der Waals surface area (Å²) in [5.74, 6) is 1.19. The van der Waals surface area contributed by atoms with Crippen molar-refractivity contribution in [2.24, 2.45) is 0 Å². The zero-order valence-corrected chi connectivity index (χ0v) is 12.6. The van der Waals surface area contributed by atoms with E-state index in [0.717, 1.165) is 37.0 Å². The molecule has 0 saturated heterocycles. The molecule has 1 aliphatic rings. The van der Waals surface area contributed by atoms with Crippen LogP contribution in [0.5, 0.6) is 5.75 Å². The number of benzene rings is 1. The summed E-state index contributed by atoms with van der Waals surface area (Å²) in [6, 6.07) is 7.79. The normalized spacial score (nSPS) is 16.1. The number of ether oxygens (including phenoxy) is 1. The smallest absolute Gasteiger partial charge is 0.220 e. The van der Waals surface area contributed by atoms with Gasteiger partial charge in [-0.1, -0.05) is 31.0 Å². The van der Waals surface area contributed by atoms with Crippen molar-refractivity contribution in [3.05, 3.63) is 29.8 Å². The Balaban J connectivity index is 1.63. The first-order valence-corrected chi connectivity index (χ1v) is 7.67. The van der Waals surface area contributed by atoms with Gasteiger partial charge in [0.15, 0.2) is 0 Å². The molecule has 1 aliphatic heterocycles. The molecule has 0 saturated carbocycles. The molecule has 1 N–H and O–H groups in total. The second-order valence-electron chi connectivity index (χ2n) is 5.59. The average molecular weight is 289 g/mol. The first-order valence-electron chi connectivity index (χ1n) is 7.67. The van der Waals surface area contributed by atoms with Crippen LogP contribution in [0.2, 0.25) is 0 Å². The van der Waals surface area contributed by atoms with E-state index in [2.05, 4.69) is 5.32 Å². The van der Waals surface area contributed by atoms with Crippen molar-refractivity contribution in [2.45, 2.75) is 51.5 Å². The fourth-order valence-corrected chi connectivity index (χ4v) is 2.56. The van der Waals surface area contributed by atoms with E-state index in [1.807, 2.05) is 24.3 Å². The molecule has 1 amide bonds. The van der Waals surface area contributed by atoms with Crippen molar-refractivity contribution in [2.75, 3.05) is 6.61 Å². The van der Waals surface area contributed by atoms with Gasteiger partial charge in [-0.05, 0) is 25.8 Å². The van der Waals surface area contributed by atoms with Crippen molar-refractivity contribution in [3.63, 3.8) is 0 Å². The molecule has 1 unspecified atom stereocenters. The zero-order chi connectivity index (χ0) is 15.1. The Bertz CT molecular complexity index is 499. The van der Waals surface area contributed by atoms with Gasteiger partial charge in [-0.3, -0.25) is 4.79 Å². The van der Waals surface area contributed by atoms with Crippen LogP contribution in [0.4, 0.5) is 0 Å². The molecule has 0 fully saturated rings. The van der Waals surface area contributed by atoms with Crippen LogP contribution in [0.15, 0.2) is 24.3 Å². The van der Waals surface area contributed by atoms with Gasteiger partial charge in [0.25, 0.3) is 0 Å². The van der Waals surface area contributed by atoms with Crippen molar-refractivity contribution in [1.82, 2.24) is 5.32 Å². The van der Waals surface area contributed by atoms with Gasteiger partial charge in [0.05, 0.1) is 6.04 Å². The van der Waals surface area contributed by atoms with Crippen LogP contribution in [-0.2, 0) is 9.59 Å². The van der Waals surface area contributed by atoms with Crippen LogP contribution in [0.3, 0.4) is 0 Å². The molecule has 0 bridgehead atoms. The Morgan fingerprint density at radius 1 is 1.14 bits per heavy atom. The van der Waals surface area contributed by atoms with Gasteiger partial charge in [-0.15, -0.1) is 0 Å². The number of unbranched alkanes of at least 4 members (excludes halogenated alkanes) is 3. The lowest BCUT2D eigenvalue weighted by molar-refractivity contribution is -0.122. The zero-order valence-electron chi connectivity index (χ0n) is 12.6. The van der Waals surface area contributed by atoms with Gasteiger partial charge in [0.2, 0.25) is 5.91 Å². The topological polar surface area (TPSA) is 55.4 Å². The predicted molar refractivity (Wildman–Crippen MR) is 81.2 cm³/mol. The Kier molecular flexibility index (Phi) is 5.78. The molecule has 4 heteroatoms. The molecule has 0 aromatic heterocycles. The molecular weight excluding hydrogens is 266 g/mol. The molecule has 0 radical (unpaired) electrons. The molecule has 0 spiro atoms. The Hall–Kier alpha value is -1.84. The standard InChI is InChI=1S/C17H23NO3/c1-13(19)8-4-2-3-5-11-17(20)18-15-12-21-16-10-7-6-9-14(15)16/h6-7,9-10,15H,2-5,8,11-12H2,1H3,(H,18,20). The second-order valence-corrected chi connectivity index (χ2v) is 5.59. The van der Waals surface area contributed by atoms with E-state index < -0.39 is 0 Å². The van der Waals surface area contributed by atoms with E-state index in [9.17, 15) is 9.59 Å². The summed E-state index contributed by atoms with van der Waals surface area (Å²) in [5.41, 5.74) is 1.06. The summed E-state index contributed by atoms with van der Waals surface area (Å²) < 4.78 is 5.55. The minimum Gasteiger partial charge on any atom is -0.491 e. The Labute approximate surface area is 125 Å². The van der Waals surface area contributed by atoms with Crippen LogP contribution in [0, 0.1) is 0 Å². The van der Waals surface area contributed by atoms with Gasteiger partial charge < -0.3 is 14.8 Å². The highest BCUT2D eigenvalue weighted by molar-refractivity contribution is 5.76. The number of nitrogens with one attached hydrogen (secondary N) is 1. The molecule has 1 heterocycles. The lowest BCUT2D eigenvalue weighted by Gasteiger charge is -2.11. The average Bonchev–Trinajstić information content (AvgIpc) is 2.86. The molecule has 1 aromatic carbocycles. The SMILES string of the molecule is CC(=O)CCCCCCC(=O)NC1COc2ccccc21. The number of ketones is 1. The third-order valence-electron chi connectivity index (χ3n) is 3.72.